The van der Waals surface area contributed by atoms with Crippen molar-refractivity contribution in [3.8, 4) is 5.75 Å². The molecular weight excluding hydrogens is 216 g/mol. The third-order valence-corrected chi connectivity index (χ3v) is 2.57. The second-order valence-corrected chi connectivity index (χ2v) is 4.43. The van der Waals surface area contributed by atoms with Crippen LogP contribution in [-0.4, -0.2) is 26.1 Å². The minimum atomic E-state index is -0.0573. The van der Waals surface area contributed by atoms with Crippen LogP contribution in [0, 0.1) is 6.92 Å². The summed E-state index contributed by atoms with van der Waals surface area (Å²) in [7, 11) is 1.50. The number of hydrogen-bond acceptors (Lipinski definition) is 3. The molecule has 0 aliphatic heterocycles. The molecule has 0 amide bonds. The van der Waals surface area contributed by atoms with Crippen molar-refractivity contribution >= 4 is 5.78 Å². The molecule has 1 aromatic rings. The summed E-state index contributed by atoms with van der Waals surface area (Å²) in [6.07, 6.45) is 0. The number of ketones is 1. The maximum atomic E-state index is 11.2. The molecule has 0 heterocycles. The molecule has 3 nitrogen and oxygen atoms in total. The third-order valence-electron chi connectivity index (χ3n) is 2.57. The fraction of sp³-hybridized carbons (Fsp3) is 0.500. The standard InChI is InChI=1S/C14H20O3/c1-10(2)14-6-5-13(7-11(14)3)17-9-12(15)8-16-4/h5-7,10H,8-9H2,1-4H3. The molecule has 94 valence electrons. The maximum Gasteiger partial charge on any atom is 0.195 e. The predicted octanol–water partition coefficient (Wildman–Crippen LogP) is 2.71. The van der Waals surface area contributed by atoms with Crippen molar-refractivity contribution in [3.63, 3.8) is 0 Å². The van der Waals surface area contributed by atoms with E-state index in [1.807, 2.05) is 12.1 Å². The number of ether oxygens (including phenoxy) is 2. The molecule has 0 radical (unpaired) electrons. The first-order valence-electron chi connectivity index (χ1n) is 5.78. The van der Waals surface area contributed by atoms with Crippen LogP contribution in [0.3, 0.4) is 0 Å². The number of benzene rings is 1. The second kappa shape index (κ2) is 6.40. The topological polar surface area (TPSA) is 35.5 Å². The zero-order valence-electron chi connectivity index (χ0n) is 10.9. The van der Waals surface area contributed by atoms with Crippen molar-refractivity contribution < 1.29 is 14.3 Å². The smallest absolute Gasteiger partial charge is 0.195 e. The first kappa shape index (κ1) is 13.7. The summed E-state index contributed by atoms with van der Waals surface area (Å²) in [4.78, 5) is 11.2. The van der Waals surface area contributed by atoms with E-state index in [0.29, 0.717) is 5.92 Å². The Kier molecular flexibility index (Phi) is 5.16. The van der Waals surface area contributed by atoms with Crippen LogP contribution in [0.1, 0.15) is 30.9 Å². The number of hydrogen-bond donors (Lipinski definition) is 0. The molecule has 0 aliphatic rings. The van der Waals surface area contributed by atoms with Crippen molar-refractivity contribution in [1.82, 2.24) is 0 Å². The van der Waals surface area contributed by atoms with Crippen molar-refractivity contribution in [2.45, 2.75) is 26.7 Å². The van der Waals surface area contributed by atoms with Crippen LogP contribution in [0.15, 0.2) is 18.2 Å². The van der Waals surface area contributed by atoms with E-state index in [2.05, 4.69) is 26.8 Å². The van der Waals surface area contributed by atoms with Crippen LogP contribution < -0.4 is 4.74 Å². The quantitative estimate of drug-likeness (QED) is 0.761. The largest absolute Gasteiger partial charge is 0.486 e. The Balaban J connectivity index is 2.62. The second-order valence-electron chi connectivity index (χ2n) is 4.43. The zero-order chi connectivity index (χ0) is 12.8. The lowest BCUT2D eigenvalue weighted by atomic mass is 9.98. The maximum absolute atomic E-state index is 11.2. The van der Waals surface area contributed by atoms with Crippen molar-refractivity contribution in [1.29, 1.82) is 0 Å². The lowest BCUT2D eigenvalue weighted by molar-refractivity contribution is -0.124. The molecule has 0 fully saturated rings. The monoisotopic (exact) mass is 236 g/mol. The molecule has 0 aromatic heterocycles. The van der Waals surface area contributed by atoms with Gasteiger partial charge < -0.3 is 9.47 Å². The Labute approximate surface area is 103 Å². The summed E-state index contributed by atoms with van der Waals surface area (Å²) in [6.45, 7) is 6.53. The Hall–Kier alpha value is -1.35. The molecular formula is C14H20O3. The molecule has 0 atom stereocenters. The average Bonchev–Trinajstić information content (AvgIpc) is 2.26. The highest BCUT2D eigenvalue weighted by Gasteiger charge is 2.06. The summed E-state index contributed by atoms with van der Waals surface area (Å²) in [5, 5.41) is 0. The molecule has 17 heavy (non-hydrogen) atoms. The third kappa shape index (κ3) is 4.19. The van der Waals surface area contributed by atoms with Crippen LogP contribution in [0.4, 0.5) is 0 Å². The summed E-state index contributed by atoms with van der Waals surface area (Å²) >= 11 is 0. The SMILES string of the molecule is COCC(=O)COc1ccc(C(C)C)c(C)c1. The van der Waals surface area contributed by atoms with E-state index >= 15 is 0 Å². The number of rotatable bonds is 6. The summed E-state index contributed by atoms with van der Waals surface area (Å²) in [5.74, 6) is 1.17. The molecule has 0 spiro atoms. The van der Waals surface area contributed by atoms with E-state index in [9.17, 15) is 4.79 Å². The number of aryl methyl sites for hydroxylation is 1. The Morgan fingerprint density at radius 2 is 2.00 bits per heavy atom. The molecule has 0 N–H and O–H groups in total. The van der Waals surface area contributed by atoms with Gasteiger partial charge in [-0.1, -0.05) is 19.9 Å². The minimum Gasteiger partial charge on any atom is -0.486 e. The van der Waals surface area contributed by atoms with Crippen LogP contribution in [0.5, 0.6) is 5.75 Å². The van der Waals surface area contributed by atoms with Gasteiger partial charge in [0.15, 0.2) is 5.78 Å². The van der Waals surface area contributed by atoms with Crippen molar-refractivity contribution in [3.05, 3.63) is 29.3 Å². The highest BCUT2D eigenvalue weighted by atomic mass is 16.5. The zero-order valence-corrected chi connectivity index (χ0v) is 10.9. The summed E-state index contributed by atoms with van der Waals surface area (Å²) in [6, 6.07) is 5.92. The molecule has 3 heteroatoms. The highest BCUT2D eigenvalue weighted by Crippen LogP contribution is 2.23. The van der Waals surface area contributed by atoms with Gasteiger partial charge in [0.25, 0.3) is 0 Å². The van der Waals surface area contributed by atoms with E-state index in [1.54, 1.807) is 0 Å². The van der Waals surface area contributed by atoms with E-state index in [4.69, 9.17) is 9.47 Å². The lowest BCUT2D eigenvalue weighted by Crippen LogP contribution is -2.16. The normalized spacial score (nSPS) is 10.6. The van der Waals surface area contributed by atoms with Gasteiger partial charge in [0.05, 0.1) is 0 Å². The van der Waals surface area contributed by atoms with Crippen LogP contribution >= 0.6 is 0 Å². The average molecular weight is 236 g/mol. The van der Waals surface area contributed by atoms with Gasteiger partial charge >= 0.3 is 0 Å². The van der Waals surface area contributed by atoms with Crippen molar-refractivity contribution in [2.24, 2.45) is 0 Å². The predicted molar refractivity (Wildman–Crippen MR) is 67.6 cm³/mol. The molecule has 0 unspecified atom stereocenters. The number of methoxy groups -OCH3 is 1. The molecule has 1 rings (SSSR count). The summed E-state index contributed by atoms with van der Waals surface area (Å²) in [5.41, 5.74) is 2.50. The Morgan fingerprint density at radius 1 is 1.29 bits per heavy atom. The molecule has 0 saturated heterocycles. The van der Waals surface area contributed by atoms with Gasteiger partial charge in [-0.2, -0.15) is 0 Å². The van der Waals surface area contributed by atoms with Gasteiger partial charge in [-0.05, 0) is 36.1 Å². The molecule has 0 bridgehead atoms. The van der Waals surface area contributed by atoms with Gasteiger partial charge in [-0.25, -0.2) is 0 Å². The number of Topliss-reactive ketones (excluding diaryl/α,β-unsaturated/α-hetero) is 1. The fourth-order valence-corrected chi connectivity index (χ4v) is 1.75. The Morgan fingerprint density at radius 3 is 2.53 bits per heavy atom. The van der Waals surface area contributed by atoms with Gasteiger partial charge in [0.1, 0.15) is 19.0 Å². The van der Waals surface area contributed by atoms with E-state index in [-0.39, 0.29) is 19.0 Å². The molecule has 0 aliphatic carbocycles. The van der Waals surface area contributed by atoms with E-state index in [0.717, 1.165) is 5.75 Å². The fourth-order valence-electron chi connectivity index (χ4n) is 1.75. The van der Waals surface area contributed by atoms with Gasteiger partial charge in [-0.15, -0.1) is 0 Å². The highest BCUT2D eigenvalue weighted by molar-refractivity contribution is 5.81. The summed E-state index contributed by atoms with van der Waals surface area (Å²) < 4.78 is 10.1. The van der Waals surface area contributed by atoms with E-state index in [1.165, 1.54) is 18.2 Å². The Bertz CT molecular complexity index is 383. The van der Waals surface area contributed by atoms with E-state index < -0.39 is 0 Å². The number of carbonyl (C=O) groups excluding carboxylic acids is 1. The van der Waals surface area contributed by atoms with Crippen molar-refractivity contribution in [2.75, 3.05) is 20.3 Å². The van der Waals surface area contributed by atoms with Crippen LogP contribution in [0.25, 0.3) is 0 Å². The molecule has 1 aromatic carbocycles. The van der Waals surface area contributed by atoms with Gasteiger partial charge in [0.2, 0.25) is 0 Å². The number of carbonyl (C=O) groups is 1. The van der Waals surface area contributed by atoms with Crippen LogP contribution in [-0.2, 0) is 9.53 Å². The van der Waals surface area contributed by atoms with Crippen LogP contribution in [0.2, 0.25) is 0 Å². The minimum absolute atomic E-state index is 0.0573. The first-order valence-corrected chi connectivity index (χ1v) is 5.78. The molecule has 0 saturated carbocycles. The first-order chi connectivity index (χ1) is 8.04. The van der Waals surface area contributed by atoms with Gasteiger partial charge in [-0.3, -0.25) is 4.79 Å². The lowest BCUT2D eigenvalue weighted by Gasteiger charge is -2.12. The van der Waals surface area contributed by atoms with Gasteiger partial charge in [0, 0.05) is 7.11 Å².